The van der Waals surface area contributed by atoms with Crippen molar-refractivity contribution >= 4 is 17.6 Å². The van der Waals surface area contributed by atoms with Crippen molar-refractivity contribution in [3.05, 3.63) is 47.2 Å². The van der Waals surface area contributed by atoms with Crippen molar-refractivity contribution < 1.29 is 14.1 Å². The minimum absolute atomic E-state index is 0.0573. The summed E-state index contributed by atoms with van der Waals surface area (Å²) in [6, 6.07) is 9.36. The van der Waals surface area contributed by atoms with Crippen LogP contribution in [0.3, 0.4) is 0 Å². The molecule has 1 aromatic heterocycles. The Bertz CT molecular complexity index is 751. The molecule has 0 aliphatic carbocycles. The first-order valence-electron chi connectivity index (χ1n) is 8.02. The molecule has 0 unspecified atom stereocenters. The average molecular weight is 327 g/mol. The van der Waals surface area contributed by atoms with Gasteiger partial charge in [-0.2, -0.15) is 0 Å². The molecule has 2 amide bonds. The molecule has 0 bridgehead atoms. The van der Waals surface area contributed by atoms with Crippen LogP contribution in [0.1, 0.15) is 35.8 Å². The van der Waals surface area contributed by atoms with Gasteiger partial charge in [-0.3, -0.25) is 9.59 Å². The number of aromatic nitrogens is 1. The largest absolute Gasteiger partial charge is 0.360 e. The first-order chi connectivity index (χ1) is 11.5. The Hall–Kier alpha value is -2.63. The molecule has 1 aromatic carbocycles. The molecule has 0 spiro atoms. The van der Waals surface area contributed by atoms with E-state index < -0.39 is 0 Å². The molecule has 2 atom stereocenters. The van der Waals surface area contributed by atoms with Crippen LogP contribution in [0.4, 0.5) is 5.82 Å². The minimum Gasteiger partial charge on any atom is -0.360 e. The number of hydrogen-bond acceptors (Lipinski definition) is 4. The van der Waals surface area contributed by atoms with E-state index in [0.29, 0.717) is 24.4 Å². The van der Waals surface area contributed by atoms with Gasteiger partial charge in [-0.15, -0.1) is 0 Å². The van der Waals surface area contributed by atoms with Crippen LogP contribution < -0.4 is 5.32 Å². The van der Waals surface area contributed by atoms with Crippen LogP contribution in [0.15, 0.2) is 34.9 Å². The molecule has 1 fully saturated rings. The fourth-order valence-corrected chi connectivity index (χ4v) is 3.18. The van der Waals surface area contributed by atoms with Crippen LogP contribution in [0.5, 0.6) is 0 Å². The SMILES string of the molecule is Cc1ccc([C@H]2[C@H](C(=O)Nc3cc(C)on3)CCC(=O)N2C)cc1. The summed E-state index contributed by atoms with van der Waals surface area (Å²) in [5.41, 5.74) is 2.11. The fraction of sp³-hybridized carbons (Fsp3) is 0.389. The number of hydrogen-bond donors (Lipinski definition) is 1. The van der Waals surface area contributed by atoms with Crippen molar-refractivity contribution in [1.82, 2.24) is 10.1 Å². The van der Waals surface area contributed by atoms with Gasteiger partial charge in [0, 0.05) is 19.5 Å². The highest BCUT2D eigenvalue weighted by Gasteiger charge is 2.39. The van der Waals surface area contributed by atoms with Crippen molar-refractivity contribution in [2.45, 2.75) is 32.7 Å². The van der Waals surface area contributed by atoms with E-state index in [-0.39, 0.29) is 23.8 Å². The molecule has 2 aromatic rings. The predicted octanol–water partition coefficient (Wildman–Crippen LogP) is 2.84. The number of carbonyl (C=O) groups excluding carboxylic acids is 2. The van der Waals surface area contributed by atoms with Crippen LogP contribution in [0, 0.1) is 19.8 Å². The summed E-state index contributed by atoms with van der Waals surface area (Å²) in [4.78, 5) is 26.6. The maximum Gasteiger partial charge on any atom is 0.231 e. The molecule has 1 saturated heterocycles. The van der Waals surface area contributed by atoms with E-state index in [1.807, 2.05) is 31.2 Å². The highest BCUT2D eigenvalue weighted by atomic mass is 16.5. The second-order valence-corrected chi connectivity index (χ2v) is 6.32. The summed E-state index contributed by atoms with van der Waals surface area (Å²) in [5, 5.41) is 6.60. The molecule has 1 aliphatic heterocycles. The highest BCUT2D eigenvalue weighted by Crippen LogP contribution is 2.36. The Morgan fingerprint density at radius 2 is 2.00 bits per heavy atom. The Kier molecular flexibility index (Phi) is 4.38. The van der Waals surface area contributed by atoms with Gasteiger partial charge in [-0.1, -0.05) is 35.0 Å². The summed E-state index contributed by atoms with van der Waals surface area (Å²) in [5.74, 6) is 0.624. The molecule has 2 heterocycles. The molecule has 0 radical (unpaired) electrons. The lowest BCUT2D eigenvalue weighted by molar-refractivity contribution is -0.140. The van der Waals surface area contributed by atoms with Crippen molar-refractivity contribution in [3.8, 4) is 0 Å². The number of nitrogens with one attached hydrogen (secondary N) is 1. The molecule has 0 saturated carbocycles. The first kappa shape index (κ1) is 16.2. The zero-order valence-corrected chi connectivity index (χ0v) is 14.1. The number of aryl methyl sites for hydroxylation is 2. The Morgan fingerprint density at radius 3 is 2.62 bits per heavy atom. The summed E-state index contributed by atoms with van der Waals surface area (Å²) in [6.07, 6.45) is 0.888. The van der Waals surface area contributed by atoms with Gasteiger partial charge in [0.25, 0.3) is 0 Å². The number of anilines is 1. The molecule has 1 aliphatic rings. The lowest BCUT2D eigenvalue weighted by Gasteiger charge is -2.38. The number of carbonyl (C=O) groups is 2. The van der Waals surface area contributed by atoms with E-state index in [0.717, 1.165) is 11.1 Å². The molecular weight excluding hydrogens is 306 g/mol. The van der Waals surface area contributed by atoms with E-state index in [9.17, 15) is 9.59 Å². The predicted molar refractivity (Wildman–Crippen MR) is 89.3 cm³/mol. The summed E-state index contributed by atoms with van der Waals surface area (Å²) in [6.45, 7) is 3.78. The van der Waals surface area contributed by atoms with E-state index in [1.165, 1.54) is 0 Å². The monoisotopic (exact) mass is 327 g/mol. The van der Waals surface area contributed by atoms with E-state index in [4.69, 9.17) is 4.52 Å². The lowest BCUT2D eigenvalue weighted by Crippen LogP contribution is -2.44. The normalized spacial score (nSPS) is 21.0. The second-order valence-electron chi connectivity index (χ2n) is 6.32. The van der Waals surface area contributed by atoms with Crippen LogP contribution in [-0.4, -0.2) is 28.9 Å². The van der Waals surface area contributed by atoms with Crippen LogP contribution in [-0.2, 0) is 9.59 Å². The molecule has 6 nitrogen and oxygen atoms in total. The average Bonchev–Trinajstić information content (AvgIpc) is 2.96. The molecule has 6 heteroatoms. The minimum atomic E-state index is -0.326. The Morgan fingerprint density at radius 1 is 1.29 bits per heavy atom. The van der Waals surface area contributed by atoms with Gasteiger partial charge in [0.05, 0.1) is 12.0 Å². The van der Waals surface area contributed by atoms with Gasteiger partial charge in [0.2, 0.25) is 11.8 Å². The van der Waals surface area contributed by atoms with Gasteiger partial charge in [-0.25, -0.2) is 0 Å². The van der Waals surface area contributed by atoms with Crippen molar-refractivity contribution in [3.63, 3.8) is 0 Å². The maximum absolute atomic E-state index is 12.7. The third kappa shape index (κ3) is 3.18. The van der Waals surface area contributed by atoms with Crippen LogP contribution in [0.25, 0.3) is 0 Å². The quantitative estimate of drug-likeness (QED) is 0.940. The van der Waals surface area contributed by atoms with E-state index >= 15 is 0 Å². The number of rotatable bonds is 3. The second kappa shape index (κ2) is 6.47. The third-order valence-corrected chi connectivity index (χ3v) is 4.50. The first-order valence-corrected chi connectivity index (χ1v) is 8.02. The van der Waals surface area contributed by atoms with Gasteiger partial charge < -0.3 is 14.7 Å². The van der Waals surface area contributed by atoms with Gasteiger partial charge >= 0.3 is 0 Å². The third-order valence-electron chi connectivity index (χ3n) is 4.50. The molecule has 126 valence electrons. The number of amides is 2. The number of benzene rings is 1. The zero-order valence-electron chi connectivity index (χ0n) is 14.1. The topological polar surface area (TPSA) is 75.4 Å². The highest BCUT2D eigenvalue weighted by molar-refractivity contribution is 5.94. The van der Waals surface area contributed by atoms with Gasteiger partial charge in [0.15, 0.2) is 5.82 Å². The lowest BCUT2D eigenvalue weighted by atomic mass is 9.83. The van der Waals surface area contributed by atoms with Crippen molar-refractivity contribution in [2.75, 3.05) is 12.4 Å². The maximum atomic E-state index is 12.7. The standard InChI is InChI=1S/C18H21N3O3/c1-11-4-6-13(7-5-11)17-14(8-9-16(22)21(17)3)18(23)19-15-10-12(2)24-20-15/h4-7,10,14,17H,8-9H2,1-3H3,(H,19,20,23)/t14-,17+/m1/s1. The Labute approximate surface area is 140 Å². The molecule has 24 heavy (non-hydrogen) atoms. The number of likely N-dealkylation sites (tertiary alicyclic amines) is 1. The number of nitrogens with zero attached hydrogens (tertiary/aromatic N) is 2. The van der Waals surface area contributed by atoms with Crippen molar-refractivity contribution in [2.24, 2.45) is 5.92 Å². The molecule has 3 rings (SSSR count). The smallest absolute Gasteiger partial charge is 0.231 e. The fourth-order valence-electron chi connectivity index (χ4n) is 3.18. The summed E-state index contributed by atoms with van der Waals surface area (Å²) in [7, 11) is 1.76. The van der Waals surface area contributed by atoms with Crippen molar-refractivity contribution in [1.29, 1.82) is 0 Å². The van der Waals surface area contributed by atoms with Crippen LogP contribution >= 0.6 is 0 Å². The van der Waals surface area contributed by atoms with E-state index in [2.05, 4.69) is 10.5 Å². The number of piperidine rings is 1. The van der Waals surface area contributed by atoms with E-state index in [1.54, 1.807) is 24.9 Å². The zero-order chi connectivity index (χ0) is 17.3. The molecule has 1 N–H and O–H groups in total. The Balaban J connectivity index is 1.86. The van der Waals surface area contributed by atoms with Gasteiger partial charge in [-0.05, 0) is 25.8 Å². The van der Waals surface area contributed by atoms with Crippen LogP contribution in [0.2, 0.25) is 0 Å². The molecular formula is C18H21N3O3. The summed E-state index contributed by atoms with van der Waals surface area (Å²) < 4.78 is 4.99. The van der Waals surface area contributed by atoms with Gasteiger partial charge in [0.1, 0.15) is 5.76 Å². The summed E-state index contributed by atoms with van der Waals surface area (Å²) >= 11 is 0.